The highest BCUT2D eigenvalue weighted by molar-refractivity contribution is 6.89. The van der Waals surface area contributed by atoms with Crippen molar-refractivity contribution >= 4 is 41.1 Å². The fourth-order valence-electron chi connectivity index (χ4n) is 4.03. The number of nitrogens with zero attached hydrogens (tertiary/aromatic N) is 3. The maximum atomic E-state index is 7.22. The molecule has 0 saturated heterocycles. The quantitative estimate of drug-likeness (QED) is 0.270. The molecule has 0 radical (unpaired) electrons. The molecule has 0 aliphatic heterocycles. The van der Waals surface area contributed by atoms with Gasteiger partial charge in [-0.25, -0.2) is 4.57 Å². The van der Waals surface area contributed by atoms with E-state index in [2.05, 4.69) is 79.3 Å². The molecule has 0 amide bonds. The summed E-state index contributed by atoms with van der Waals surface area (Å²) in [6, 6.07) is 10.3. The smallest absolute Gasteiger partial charge is 0.322 e. The lowest BCUT2D eigenvalue weighted by molar-refractivity contribution is -0.660. The Morgan fingerprint density at radius 2 is 1.75 bits per heavy atom. The van der Waals surface area contributed by atoms with Gasteiger partial charge in [-0.05, 0) is 30.7 Å². The van der Waals surface area contributed by atoms with Gasteiger partial charge in [0.15, 0.2) is 11.8 Å². The van der Waals surface area contributed by atoms with Gasteiger partial charge in [0.2, 0.25) is 5.69 Å². The topological polar surface area (TPSA) is 34.3 Å². The first kappa shape index (κ1) is 18.4. The first-order chi connectivity index (χ1) is 13.2. The van der Waals surface area contributed by atoms with E-state index >= 15 is 0 Å². The van der Waals surface area contributed by atoms with Crippen LogP contribution in [-0.4, -0.2) is 13.1 Å². The molecule has 0 saturated carbocycles. The Hall–Kier alpha value is -2.97. The number of aryl methyl sites for hydroxylation is 3. The van der Waals surface area contributed by atoms with E-state index in [0.29, 0.717) is 11.5 Å². The van der Waals surface area contributed by atoms with Crippen LogP contribution in [0.5, 0.6) is 0 Å². The minimum absolute atomic E-state index is 0.353. The van der Waals surface area contributed by atoms with Gasteiger partial charge in [-0.3, -0.25) is 0 Å². The molecule has 0 aliphatic carbocycles. The molecule has 1 aromatic carbocycles. The highest BCUT2D eigenvalue weighted by atomic mass is 28.3. The van der Waals surface area contributed by atoms with Gasteiger partial charge in [-0.2, -0.15) is 0 Å². The highest BCUT2D eigenvalue weighted by Crippen LogP contribution is 2.36. The molecular weight excluding hydrogens is 362 g/mol. The van der Waals surface area contributed by atoms with Crippen LogP contribution in [0.15, 0.2) is 40.9 Å². The van der Waals surface area contributed by atoms with Gasteiger partial charge in [-0.1, -0.05) is 49.4 Å². The van der Waals surface area contributed by atoms with Crippen LogP contribution in [0.1, 0.15) is 11.1 Å². The van der Waals surface area contributed by atoms with Crippen molar-refractivity contribution in [1.82, 2.24) is 4.98 Å². The summed E-state index contributed by atoms with van der Waals surface area (Å²) in [6.45, 7) is 18.7. The molecule has 5 heteroatoms. The zero-order valence-electron chi connectivity index (χ0n) is 17.2. The Kier molecular flexibility index (Phi) is 4.13. The summed E-state index contributed by atoms with van der Waals surface area (Å²) in [6.07, 6.45) is 2.22. The van der Waals surface area contributed by atoms with Gasteiger partial charge in [0, 0.05) is 17.0 Å². The van der Waals surface area contributed by atoms with Crippen LogP contribution in [0.25, 0.3) is 38.2 Å². The fourth-order valence-corrected chi connectivity index (χ4v) is 5.85. The third-order valence-electron chi connectivity index (χ3n) is 5.35. The van der Waals surface area contributed by atoms with E-state index in [1.54, 1.807) is 6.07 Å². The SMILES string of the molecule is [C-]#[N+]c1ccc2c(n1)oc1c(-c3cc([Si](C)(C)C)c(C)c[n+]3C)c(C)ccc12. The standard InChI is InChI=1S/C23H24N3OSi/c1-14-8-9-16-17-10-11-20(24-3)25-23(17)27-22(16)21(14)18-12-19(28(5,6)7)15(2)13-26(18)4/h8-13H,1-2,4-7H3/q+1. The second-order valence-electron chi connectivity index (χ2n) is 8.49. The van der Waals surface area contributed by atoms with E-state index < -0.39 is 8.07 Å². The Bertz CT molecular complexity index is 1290. The lowest BCUT2D eigenvalue weighted by Crippen LogP contribution is -2.44. The summed E-state index contributed by atoms with van der Waals surface area (Å²) in [5.74, 6) is 0.353. The molecule has 28 heavy (non-hydrogen) atoms. The maximum Gasteiger partial charge on any atom is 0.322 e. The van der Waals surface area contributed by atoms with Crippen molar-refractivity contribution in [2.45, 2.75) is 33.5 Å². The molecule has 0 bridgehead atoms. The Morgan fingerprint density at radius 1 is 1.04 bits per heavy atom. The van der Waals surface area contributed by atoms with E-state index in [1.165, 1.54) is 10.8 Å². The normalized spacial score (nSPS) is 11.9. The van der Waals surface area contributed by atoms with Crippen molar-refractivity contribution < 1.29 is 8.98 Å². The van der Waals surface area contributed by atoms with Gasteiger partial charge in [0.1, 0.15) is 7.05 Å². The Labute approximate surface area is 166 Å². The molecule has 0 unspecified atom stereocenters. The number of furan rings is 1. The highest BCUT2D eigenvalue weighted by Gasteiger charge is 2.27. The summed E-state index contributed by atoms with van der Waals surface area (Å²) < 4.78 is 8.40. The molecule has 4 aromatic rings. The molecule has 0 N–H and O–H groups in total. The predicted octanol–water partition coefficient (Wildman–Crippen LogP) is 5.19. The minimum atomic E-state index is -1.48. The van der Waals surface area contributed by atoms with Crippen molar-refractivity contribution in [2.24, 2.45) is 7.05 Å². The molecule has 3 heterocycles. The van der Waals surface area contributed by atoms with Crippen molar-refractivity contribution in [1.29, 1.82) is 0 Å². The lowest BCUT2D eigenvalue weighted by atomic mass is 10.0. The molecule has 0 spiro atoms. The van der Waals surface area contributed by atoms with Crippen molar-refractivity contribution in [3.05, 3.63) is 59.1 Å². The second-order valence-corrected chi connectivity index (χ2v) is 13.5. The molecule has 3 aromatic heterocycles. The van der Waals surface area contributed by atoms with Gasteiger partial charge in [-0.15, -0.1) is 0 Å². The Morgan fingerprint density at radius 3 is 2.43 bits per heavy atom. The van der Waals surface area contributed by atoms with Gasteiger partial charge >= 0.3 is 5.71 Å². The first-order valence-electron chi connectivity index (χ1n) is 9.42. The average molecular weight is 387 g/mol. The third kappa shape index (κ3) is 2.81. The van der Waals surface area contributed by atoms with Crippen LogP contribution in [0.3, 0.4) is 0 Å². The molecule has 4 nitrogen and oxygen atoms in total. The third-order valence-corrected chi connectivity index (χ3v) is 7.51. The number of aromatic nitrogens is 2. The lowest BCUT2D eigenvalue weighted by Gasteiger charge is -2.19. The molecule has 140 valence electrons. The second kappa shape index (κ2) is 6.28. The van der Waals surface area contributed by atoms with Gasteiger partial charge in [0.25, 0.3) is 5.82 Å². The van der Waals surface area contributed by atoms with Gasteiger partial charge < -0.3 is 9.26 Å². The number of benzene rings is 1. The van der Waals surface area contributed by atoms with Crippen LogP contribution in [0.4, 0.5) is 5.82 Å². The van der Waals surface area contributed by atoms with E-state index in [4.69, 9.17) is 11.0 Å². The van der Waals surface area contributed by atoms with Crippen LogP contribution in [-0.2, 0) is 7.05 Å². The summed E-state index contributed by atoms with van der Waals surface area (Å²) in [4.78, 5) is 7.80. The van der Waals surface area contributed by atoms with Crippen LogP contribution in [0.2, 0.25) is 19.6 Å². The molecule has 0 aliphatic rings. The largest absolute Gasteiger partial charge is 0.419 e. The minimum Gasteiger partial charge on any atom is -0.419 e. The summed E-state index contributed by atoms with van der Waals surface area (Å²) in [7, 11) is 0.606. The van der Waals surface area contributed by atoms with Crippen molar-refractivity contribution in [3.8, 4) is 11.3 Å². The number of hydrogen-bond donors (Lipinski definition) is 0. The summed E-state index contributed by atoms with van der Waals surface area (Å²) in [5, 5.41) is 3.44. The summed E-state index contributed by atoms with van der Waals surface area (Å²) in [5.41, 5.74) is 6.11. The number of rotatable bonds is 2. The first-order valence-corrected chi connectivity index (χ1v) is 12.9. The van der Waals surface area contributed by atoms with E-state index in [-0.39, 0.29) is 0 Å². The van der Waals surface area contributed by atoms with E-state index in [0.717, 1.165) is 33.2 Å². The maximum absolute atomic E-state index is 7.22. The van der Waals surface area contributed by atoms with Crippen molar-refractivity contribution in [3.63, 3.8) is 0 Å². The predicted molar refractivity (Wildman–Crippen MR) is 117 cm³/mol. The van der Waals surface area contributed by atoms with E-state index in [1.807, 2.05) is 6.07 Å². The van der Waals surface area contributed by atoms with Crippen LogP contribution < -0.4 is 9.75 Å². The fraction of sp³-hybridized carbons (Fsp3) is 0.261. The summed E-state index contributed by atoms with van der Waals surface area (Å²) >= 11 is 0. The molecule has 4 rings (SSSR count). The zero-order valence-corrected chi connectivity index (χ0v) is 18.2. The van der Waals surface area contributed by atoms with Crippen LogP contribution >= 0.6 is 0 Å². The number of fused-ring (bicyclic) bond motifs is 3. The number of pyridine rings is 2. The van der Waals surface area contributed by atoms with Gasteiger partial charge in [0.05, 0.1) is 19.0 Å². The molecule has 0 atom stereocenters. The van der Waals surface area contributed by atoms with Crippen LogP contribution in [0, 0.1) is 20.4 Å². The average Bonchev–Trinajstić information content (AvgIpc) is 2.99. The monoisotopic (exact) mass is 386 g/mol. The van der Waals surface area contributed by atoms with Crippen molar-refractivity contribution in [2.75, 3.05) is 0 Å². The number of hydrogen-bond acceptors (Lipinski definition) is 2. The zero-order chi connectivity index (χ0) is 20.2. The molecular formula is C23H24N3OSi+. The van der Waals surface area contributed by atoms with E-state index in [9.17, 15) is 0 Å². The molecule has 0 fully saturated rings. The Balaban J connectivity index is 2.09.